The van der Waals surface area contributed by atoms with Gasteiger partial charge in [-0.25, -0.2) is 0 Å². The molecule has 4 atom stereocenters. The van der Waals surface area contributed by atoms with Gasteiger partial charge in [0.1, 0.15) is 0 Å². The number of hydrogen-bond donors (Lipinski definition) is 2. The van der Waals surface area contributed by atoms with Crippen LogP contribution in [0.25, 0.3) is 0 Å². The van der Waals surface area contributed by atoms with Crippen molar-refractivity contribution in [3.63, 3.8) is 0 Å². The topological polar surface area (TPSA) is 123 Å². The number of aromatic nitrogens is 3. The Bertz CT molecular complexity index is 698. The van der Waals surface area contributed by atoms with Gasteiger partial charge in [-0.05, 0) is 38.1 Å². The fourth-order valence-corrected chi connectivity index (χ4v) is 4.96. The van der Waals surface area contributed by atoms with Crippen LogP contribution in [0, 0.1) is 17.8 Å². The van der Waals surface area contributed by atoms with Gasteiger partial charge in [0.15, 0.2) is 0 Å². The first-order valence-electron chi connectivity index (χ1n) is 9.96. The molecule has 4 aliphatic rings. The second-order valence-electron chi connectivity index (χ2n) is 8.18. The van der Waals surface area contributed by atoms with Crippen LogP contribution in [-0.2, 0) is 22.7 Å². The van der Waals surface area contributed by atoms with Crippen molar-refractivity contribution in [1.82, 2.24) is 24.8 Å². The normalized spacial score (nSPS) is 31.2. The highest BCUT2D eigenvalue weighted by Gasteiger charge is 2.45. The Morgan fingerprint density at radius 3 is 2.56 bits per heavy atom. The van der Waals surface area contributed by atoms with E-state index in [0.29, 0.717) is 44.4 Å². The molecule has 2 bridgehead atoms. The monoisotopic (exact) mass is 375 g/mol. The quantitative estimate of drug-likeness (QED) is 0.692. The number of primary amides is 1. The molecule has 5 rings (SSSR count). The summed E-state index contributed by atoms with van der Waals surface area (Å²) < 4.78 is 1.87. The lowest BCUT2D eigenvalue weighted by Gasteiger charge is -2.50. The maximum atomic E-state index is 13.1. The van der Waals surface area contributed by atoms with Crippen molar-refractivity contribution in [2.75, 3.05) is 26.2 Å². The van der Waals surface area contributed by atoms with Gasteiger partial charge in [0, 0.05) is 44.3 Å². The summed E-state index contributed by atoms with van der Waals surface area (Å²) in [6.07, 6.45) is 5.40. The van der Waals surface area contributed by atoms with Crippen LogP contribution in [0.3, 0.4) is 0 Å². The number of rotatable bonds is 5. The maximum Gasteiger partial charge on any atom is 0.227 e. The fraction of sp³-hybridized carbons (Fsp3) is 0.778. The average Bonchev–Trinajstić information content (AvgIpc) is 3.15. The van der Waals surface area contributed by atoms with Crippen LogP contribution < -0.4 is 11.5 Å². The Morgan fingerprint density at radius 2 is 1.96 bits per heavy atom. The predicted octanol–water partition coefficient (Wildman–Crippen LogP) is -0.829. The summed E-state index contributed by atoms with van der Waals surface area (Å²) in [6.45, 7) is 4.37. The van der Waals surface area contributed by atoms with Crippen molar-refractivity contribution in [3.8, 4) is 0 Å². The number of piperidine rings is 4. The summed E-state index contributed by atoms with van der Waals surface area (Å²) in [5.41, 5.74) is 11.8. The molecule has 4 N–H and O–H groups in total. The Kier molecular flexibility index (Phi) is 5.14. The minimum atomic E-state index is -0.237. The molecule has 2 amide bonds. The van der Waals surface area contributed by atoms with E-state index in [1.165, 1.54) is 0 Å². The van der Waals surface area contributed by atoms with Crippen LogP contribution in [0.1, 0.15) is 31.4 Å². The molecule has 0 aromatic carbocycles. The third-order valence-corrected chi connectivity index (χ3v) is 6.60. The zero-order chi connectivity index (χ0) is 19.0. The highest BCUT2D eigenvalue weighted by atomic mass is 16.2. The van der Waals surface area contributed by atoms with Crippen molar-refractivity contribution in [2.45, 2.75) is 44.8 Å². The Hall–Kier alpha value is -2.00. The molecule has 4 saturated heterocycles. The average molecular weight is 375 g/mol. The molecule has 0 spiro atoms. The van der Waals surface area contributed by atoms with Crippen molar-refractivity contribution in [1.29, 1.82) is 0 Å². The molecule has 148 valence electrons. The minimum Gasteiger partial charge on any atom is -0.369 e. The second-order valence-corrected chi connectivity index (χ2v) is 8.18. The largest absolute Gasteiger partial charge is 0.369 e. The van der Waals surface area contributed by atoms with Crippen LogP contribution in [0.4, 0.5) is 0 Å². The molecule has 5 heterocycles. The Labute approximate surface area is 159 Å². The summed E-state index contributed by atoms with van der Waals surface area (Å²) in [5, 5.41) is 8.22. The summed E-state index contributed by atoms with van der Waals surface area (Å²) in [7, 11) is 0. The van der Waals surface area contributed by atoms with Crippen LogP contribution in [0.5, 0.6) is 0 Å². The van der Waals surface area contributed by atoms with Gasteiger partial charge in [-0.1, -0.05) is 5.21 Å². The van der Waals surface area contributed by atoms with Gasteiger partial charge in [-0.15, -0.1) is 5.10 Å². The third kappa shape index (κ3) is 3.70. The smallest absolute Gasteiger partial charge is 0.227 e. The van der Waals surface area contributed by atoms with Gasteiger partial charge in [-0.3, -0.25) is 19.2 Å². The molecule has 0 saturated carbocycles. The van der Waals surface area contributed by atoms with E-state index in [-0.39, 0.29) is 23.7 Å². The number of likely N-dealkylation sites (tertiary alicyclic amines) is 1. The van der Waals surface area contributed by atoms with E-state index in [2.05, 4.69) is 15.2 Å². The predicted molar refractivity (Wildman–Crippen MR) is 98.0 cm³/mol. The molecular formula is C18H29N7O2. The number of nitrogens with two attached hydrogens (primary N) is 2. The second kappa shape index (κ2) is 7.55. The van der Waals surface area contributed by atoms with E-state index in [9.17, 15) is 9.59 Å². The number of amides is 2. The van der Waals surface area contributed by atoms with Gasteiger partial charge in [0.25, 0.3) is 0 Å². The van der Waals surface area contributed by atoms with E-state index < -0.39 is 0 Å². The van der Waals surface area contributed by atoms with Crippen LogP contribution in [0.15, 0.2) is 6.20 Å². The molecule has 4 fully saturated rings. The molecule has 1 aromatic rings. The molecule has 4 aliphatic heterocycles. The first kappa shape index (κ1) is 18.4. The van der Waals surface area contributed by atoms with E-state index in [4.69, 9.17) is 11.5 Å². The number of hydrogen-bond acceptors (Lipinski definition) is 6. The molecular weight excluding hydrogens is 346 g/mol. The van der Waals surface area contributed by atoms with Gasteiger partial charge in [-0.2, -0.15) is 0 Å². The van der Waals surface area contributed by atoms with Crippen LogP contribution >= 0.6 is 0 Å². The Morgan fingerprint density at radius 1 is 1.19 bits per heavy atom. The lowest BCUT2D eigenvalue weighted by molar-refractivity contribution is -0.146. The summed E-state index contributed by atoms with van der Waals surface area (Å²) >= 11 is 0. The van der Waals surface area contributed by atoms with Crippen molar-refractivity contribution in [3.05, 3.63) is 11.9 Å². The van der Waals surface area contributed by atoms with E-state index in [1.54, 1.807) is 0 Å². The number of carbonyl (C=O) groups is 2. The molecule has 9 nitrogen and oxygen atoms in total. The highest BCUT2D eigenvalue weighted by molar-refractivity contribution is 5.81. The van der Waals surface area contributed by atoms with E-state index in [0.717, 1.165) is 38.2 Å². The number of carbonyl (C=O) groups excluding carboxylic acids is 2. The molecule has 27 heavy (non-hydrogen) atoms. The summed E-state index contributed by atoms with van der Waals surface area (Å²) in [6, 6.07) is 0.403. The third-order valence-electron chi connectivity index (χ3n) is 6.60. The lowest BCUT2D eigenvalue weighted by atomic mass is 9.74. The fourth-order valence-electron chi connectivity index (χ4n) is 4.96. The SMILES string of the molecule is NCc1cn(C[C@H]2C[C@@H]3CCN2C[C@@H]3C(=O)N2CCC(C(N)=O)CC2)nn1. The zero-order valence-corrected chi connectivity index (χ0v) is 15.7. The van der Waals surface area contributed by atoms with Crippen LogP contribution in [-0.4, -0.2) is 68.8 Å². The zero-order valence-electron chi connectivity index (χ0n) is 15.7. The summed E-state index contributed by atoms with van der Waals surface area (Å²) in [4.78, 5) is 28.8. The van der Waals surface area contributed by atoms with Crippen molar-refractivity contribution < 1.29 is 9.59 Å². The molecule has 0 radical (unpaired) electrons. The molecule has 0 aliphatic carbocycles. The Balaban J connectivity index is 1.34. The van der Waals surface area contributed by atoms with Crippen LogP contribution in [0.2, 0.25) is 0 Å². The maximum absolute atomic E-state index is 13.1. The minimum absolute atomic E-state index is 0.0777. The van der Waals surface area contributed by atoms with E-state index >= 15 is 0 Å². The van der Waals surface area contributed by atoms with Gasteiger partial charge in [0.2, 0.25) is 11.8 Å². The standard InChI is InChI=1S/C18H29N7O2/c19-8-14-9-25(22-21-14)10-15-7-13-3-6-24(15)11-16(13)18(27)23-4-1-12(2-5-23)17(20)26/h9,12-13,15-16H,1-8,10-11,19H2,(H2,20,26)/t13-,15+,16-/m0/s1. The number of nitrogens with zero attached hydrogens (tertiary/aromatic N) is 5. The van der Waals surface area contributed by atoms with Gasteiger partial charge >= 0.3 is 0 Å². The molecule has 1 aromatic heterocycles. The van der Waals surface area contributed by atoms with E-state index in [1.807, 2.05) is 15.8 Å². The first-order chi connectivity index (χ1) is 13.0. The summed E-state index contributed by atoms with van der Waals surface area (Å²) in [5.74, 6) is 0.455. The van der Waals surface area contributed by atoms with Gasteiger partial charge in [0.05, 0.1) is 18.2 Å². The van der Waals surface area contributed by atoms with Crippen molar-refractivity contribution in [2.24, 2.45) is 29.2 Å². The van der Waals surface area contributed by atoms with Crippen molar-refractivity contribution >= 4 is 11.8 Å². The molecule has 9 heteroatoms. The number of fused-ring (bicyclic) bond motifs is 3. The lowest BCUT2D eigenvalue weighted by Crippen LogP contribution is -2.59. The highest BCUT2D eigenvalue weighted by Crippen LogP contribution is 2.38. The van der Waals surface area contributed by atoms with Gasteiger partial charge < -0.3 is 16.4 Å². The first-order valence-corrected chi connectivity index (χ1v) is 9.96. The molecule has 1 unspecified atom stereocenters.